The zero-order valence-corrected chi connectivity index (χ0v) is 38.8. The second-order valence-corrected chi connectivity index (χ2v) is 18.8. The molecule has 358 valence electrons. The van der Waals surface area contributed by atoms with Crippen LogP contribution in [-0.4, -0.2) is 129 Å². The van der Waals surface area contributed by atoms with Crippen LogP contribution in [0, 0.1) is 0 Å². The molecule has 3 aromatic carbocycles. The van der Waals surface area contributed by atoms with E-state index in [0.29, 0.717) is 36.9 Å². The van der Waals surface area contributed by atoms with E-state index in [1.165, 1.54) is 23.6 Å². The highest BCUT2D eigenvalue weighted by Gasteiger charge is 2.37. The van der Waals surface area contributed by atoms with Crippen molar-refractivity contribution in [3.8, 4) is 0 Å². The number of carboxylic acids is 1. The Morgan fingerprint density at radius 2 is 1.19 bits per heavy atom. The summed E-state index contributed by atoms with van der Waals surface area (Å²) in [6.45, 7) is 1.73. The number of nitrogens with one attached hydrogen (secondary N) is 6. The first-order chi connectivity index (χ1) is 32.2. The molecule has 0 bridgehead atoms. The third-order valence-corrected chi connectivity index (χ3v) is 13.7. The largest absolute Gasteiger partial charge is 0.480 e. The number of aryl methyl sites for hydroxylation is 1. The van der Waals surface area contributed by atoms with Gasteiger partial charge in [0.1, 0.15) is 42.3 Å². The van der Waals surface area contributed by atoms with Crippen LogP contribution in [0.15, 0.2) is 91.0 Å². The van der Waals surface area contributed by atoms with Crippen LogP contribution in [0.1, 0.15) is 55.7 Å². The summed E-state index contributed by atoms with van der Waals surface area (Å²) >= 11 is 2.31. The lowest BCUT2D eigenvalue weighted by atomic mass is 10.0. The maximum atomic E-state index is 14.2. The van der Waals surface area contributed by atoms with Crippen molar-refractivity contribution in [1.29, 1.82) is 0 Å². The molecule has 2 heterocycles. The van der Waals surface area contributed by atoms with Gasteiger partial charge in [0.05, 0.1) is 0 Å². The van der Waals surface area contributed by atoms with Crippen LogP contribution in [0.3, 0.4) is 0 Å². The molecule has 0 aromatic heterocycles. The molecule has 3 aromatic rings. The summed E-state index contributed by atoms with van der Waals surface area (Å²) in [5.41, 5.74) is 7.74. The molecule has 0 spiro atoms. The molecule has 0 unspecified atom stereocenters. The summed E-state index contributed by atoms with van der Waals surface area (Å²) in [5.74, 6) is -7.10. The number of nitrogens with two attached hydrogens (primary N) is 1. The average Bonchev–Trinajstić information content (AvgIpc) is 3.82. The van der Waals surface area contributed by atoms with Crippen LogP contribution in [-0.2, 0) is 62.4 Å². The van der Waals surface area contributed by atoms with E-state index < -0.39 is 89.6 Å². The summed E-state index contributed by atoms with van der Waals surface area (Å²) < 4.78 is 0. The van der Waals surface area contributed by atoms with Crippen LogP contribution in [0.5, 0.6) is 0 Å². The van der Waals surface area contributed by atoms with Gasteiger partial charge in [-0.3, -0.25) is 38.4 Å². The van der Waals surface area contributed by atoms with Gasteiger partial charge in [-0.2, -0.15) is 0 Å². The standard InChI is InChI=1S/C47H58N8O10S2/c1-29-41(58)51-35(25-32-16-9-4-10-17-32)44(61)54-37(47(64)65)27-67-28-66-26-36(53-46(63)38-18-11-23-55(38)40(57)22-19-30-12-5-2-6-13-30)45(62)50-33(20-21-39(48)56)42(59)52-34(43(60)49-29)24-31-14-7-3-8-15-31/h2-10,12-17,29,33-38H,11,18-28H2,1H3,(H2,48,56)(H,49,60)(H,50,62)(H,51,58)(H,52,59)(H,53,63)(H,54,61)(H,64,65)/t29-,33-,34-,35-,36+,37-,38-/m0/s1. The van der Waals surface area contributed by atoms with Crippen LogP contribution < -0.4 is 37.6 Å². The fourth-order valence-electron chi connectivity index (χ4n) is 7.56. The number of rotatable bonds is 13. The van der Waals surface area contributed by atoms with Crippen LogP contribution >= 0.6 is 23.5 Å². The first-order valence-corrected chi connectivity index (χ1v) is 24.4. The van der Waals surface area contributed by atoms with Gasteiger partial charge in [-0.05, 0) is 49.3 Å². The number of benzene rings is 3. The Bertz CT molecular complexity index is 2210. The Morgan fingerprint density at radius 1 is 0.672 bits per heavy atom. The van der Waals surface area contributed by atoms with E-state index in [2.05, 4.69) is 31.9 Å². The predicted molar refractivity (Wildman–Crippen MR) is 253 cm³/mol. The molecule has 2 aliphatic rings. The molecule has 8 amide bonds. The Hall–Kier alpha value is -6.41. The van der Waals surface area contributed by atoms with Gasteiger partial charge in [-0.1, -0.05) is 91.0 Å². The third kappa shape index (κ3) is 16.5. The highest BCUT2D eigenvalue weighted by Crippen LogP contribution is 2.21. The Balaban J connectivity index is 1.42. The summed E-state index contributed by atoms with van der Waals surface area (Å²) in [5, 5.41) is 26.2. The SMILES string of the molecule is C[C@@H]1NC(=O)[C@H](Cc2ccccc2)NC(=O)[C@H](CCC(N)=O)NC(=O)[C@H](NC(=O)[C@@H]2CCCN2C(=O)CCc2ccccc2)CSCSC[C@@H](C(=O)O)NC(=O)[C@H](Cc2ccccc2)NC1=O. The van der Waals surface area contributed by atoms with E-state index >= 15 is 0 Å². The molecule has 20 heteroatoms. The smallest absolute Gasteiger partial charge is 0.327 e. The normalized spacial score (nSPS) is 23.8. The molecular formula is C47H58N8O10S2. The minimum atomic E-state index is -1.44. The lowest BCUT2D eigenvalue weighted by Crippen LogP contribution is -2.60. The number of carbonyl (C=O) groups is 9. The van der Waals surface area contributed by atoms with E-state index in [-0.39, 0.29) is 54.6 Å². The molecule has 0 saturated carbocycles. The average molecular weight is 959 g/mol. The van der Waals surface area contributed by atoms with Crippen LogP contribution in [0.25, 0.3) is 0 Å². The summed E-state index contributed by atoms with van der Waals surface area (Å²) in [6, 6.07) is 18.0. The summed E-state index contributed by atoms with van der Waals surface area (Å²) in [7, 11) is 0. The molecular weight excluding hydrogens is 901 g/mol. The monoisotopic (exact) mass is 958 g/mol. The summed E-state index contributed by atoms with van der Waals surface area (Å²) in [4.78, 5) is 123. The molecule has 2 saturated heterocycles. The number of amides is 8. The molecule has 18 nitrogen and oxygen atoms in total. The van der Waals surface area contributed by atoms with E-state index in [4.69, 9.17) is 5.73 Å². The fraction of sp³-hybridized carbons (Fsp3) is 0.426. The van der Waals surface area contributed by atoms with Gasteiger partial charge in [0.15, 0.2) is 0 Å². The molecule has 5 rings (SSSR count). The molecule has 0 aliphatic carbocycles. The Labute approximate surface area is 397 Å². The Morgan fingerprint density at radius 3 is 1.78 bits per heavy atom. The van der Waals surface area contributed by atoms with Gasteiger partial charge in [0, 0.05) is 48.8 Å². The number of carbonyl (C=O) groups excluding carboxylic acids is 8. The van der Waals surface area contributed by atoms with Gasteiger partial charge in [-0.25, -0.2) is 4.79 Å². The minimum absolute atomic E-state index is 0.0115. The molecule has 0 radical (unpaired) electrons. The van der Waals surface area contributed by atoms with Crippen LogP contribution in [0.4, 0.5) is 0 Å². The molecule has 9 N–H and O–H groups in total. The minimum Gasteiger partial charge on any atom is -0.480 e. The number of thioether (sulfide) groups is 2. The molecule has 67 heavy (non-hydrogen) atoms. The third-order valence-electron chi connectivity index (χ3n) is 11.2. The molecule has 7 atom stereocenters. The van der Waals surface area contributed by atoms with Gasteiger partial charge in [0.25, 0.3) is 0 Å². The highest BCUT2D eigenvalue weighted by atomic mass is 32.2. The lowest BCUT2D eigenvalue weighted by Gasteiger charge is -2.28. The summed E-state index contributed by atoms with van der Waals surface area (Å²) in [6.07, 6.45) is 0.864. The second kappa shape index (κ2) is 26.1. The quantitative estimate of drug-likeness (QED) is 0.118. The maximum absolute atomic E-state index is 14.2. The number of aliphatic carboxylic acids is 1. The van der Waals surface area contributed by atoms with Crippen LogP contribution in [0.2, 0.25) is 0 Å². The van der Waals surface area contributed by atoms with Crippen molar-refractivity contribution in [2.24, 2.45) is 5.73 Å². The number of hydrogen-bond acceptors (Lipinski definition) is 11. The van der Waals surface area contributed by atoms with Gasteiger partial charge in [0.2, 0.25) is 47.3 Å². The van der Waals surface area contributed by atoms with E-state index in [9.17, 15) is 48.3 Å². The van der Waals surface area contributed by atoms with E-state index in [1.54, 1.807) is 60.7 Å². The zero-order chi connectivity index (χ0) is 48.3. The van der Waals surface area contributed by atoms with Gasteiger partial charge in [-0.15, -0.1) is 23.5 Å². The second-order valence-electron chi connectivity index (χ2n) is 16.3. The van der Waals surface area contributed by atoms with E-state index in [0.717, 1.165) is 17.3 Å². The van der Waals surface area contributed by atoms with Gasteiger partial charge < -0.3 is 47.6 Å². The van der Waals surface area contributed by atoms with Crippen molar-refractivity contribution < 1.29 is 48.3 Å². The number of carboxylic acid groups (broad SMARTS) is 1. The number of primary amides is 1. The predicted octanol–water partition coefficient (Wildman–Crippen LogP) is 0.812. The number of hydrogen-bond donors (Lipinski definition) is 8. The first kappa shape index (κ1) is 51.6. The van der Waals surface area contributed by atoms with Gasteiger partial charge >= 0.3 is 5.97 Å². The highest BCUT2D eigenvalue weighted by molar-refractivity contribution is 8.16. The van der Waals surface area contributed by atoms with Crippen molar-refractivity contribution in [2.75, 3.05) is 23.1 Å². The van der Waals surface area contributed by atoms with Crippen molar-refractivity contribution in [3.05, 3.63) is 108 Å². The fourth-order valence-corrected chi connectivity index (χ4v) is 9.73. The number of nitrogens with zero attached hydrogens (tertiary/aromatic N) is 1. The maximum Gasteiger partial charge on any atom is 0.327 e. The molecule has 2 fully saturated rings. The van der Waals surface area contributed by atoms with Crippen molar-refractivity contribution in [1.82, 2.24) is 36.8 Å². The topological polar surface area (TPSA) is 275 Å². The zero-order valence-electron chi connectivity index (χ0n) is 37.1. The Kier molecular flexibility index (Phi) is 20.1. The lowest BCUT2D eigenvalue weighted by molar-refractivity contribution is -0.141. The molecule has 2 aliphatic heterocycles. The van der Waals surface area contributed by atoms with Crippen molar-refractivity contribution >= 4 is 76.8 Å². The number of likely N-dealkylation sites (tertiary alicyclic amines) is 1. The van der Waals surface area contributed by atoms with Crippen molar-refractivity contribution in [3.63, 3.8) is 0 Å². The first-order valence-electron chi connectivity index (χ1n) is 22.1. The van der Waals surface area contributed by atoms with Crippen molar-refractivity contribution in [2.45, 2.75) is 101 Å². The van der Waals surface area contributed by atoms with E-state index in [1.807, 2.05) is 30.3 Å².